The molecule has 2 heterocycles. The van der Waals surface area contributed by atoms with Gasteiger partial charge >= 0.3 is 0 Å². The van der Waals surface area contributed by atoms with Gasteiger partial charge in [-0.15, -0.1) is 0 Å². The molecule has 1 saturated heterocycles. The summed E-state index contributed by atoms with van der Waals surface area (Å²) < 4.78 is 5.92. The first-order chi connectivity index (χ1) is 8.42. The molecule has 17 heavy (non-hydrogen) atoms. The summed E-state index contributed by atoms with van der Waals surface area (Å²) in [6, 6.07) is 6.46. The minimum atomic E-state index is 0.745. The summed E-state index contributed by atoms with van der Waals surface area (Å²) >= 11 is 2.07. The standard InChI is InChI=1S/C14H19NOS/c1-2-11(10-17-7-1)9-16-13-4-3-12-5-6-15-14(12)8-13/h3-4,8,11,15H,1-2,5-7,9-10H2. The van der Waals surface area contributed by atoms with Gasteiger partial charge in [0.2, 0.25) is 0 Å². The van der Waals surface area contributed by atoms with Gasteiger partial charge in [-0.3, -0.25) is 0 Å². The van der Waals surface area contributed by atoms with Crippen LogP contribution in [-0.4, -0.2) is 24.7 Å². The minimum Gasteiger partial charge on any atom is -0.493 e. The van der Waals surface area contributed by atoms with E-state index in [1.165, 1.54) is 35.6 Å². The normalized spacial score (nSPS) is 22.9. The van der Waals surface area contributed by atoms with Crippen LogP contribution >= 0.6 is 11.8 Å². The summed E-state index contributed by atoms with van der Waals surface area (Å²) in [6.45, 7) is 1.95. The topological polar surface area (TPSA) is 21.3 Å². The van der Waals surface area contributed by atoms with Crippen molar-refractivity contribution in [2.75, 3.05) is 30.0 Å². The van der Waals surface area contributed by atoms with E-state index in [0.29, 0.717) is 0 Å². The lowest BCUT2D eigenvalue weighted by Gasteiger charge is -2.21. The molecule has 0 spiro atoms. The van der Waals surface area contributed by atoms with Gasteiger partial charge in [0.15, 0.2) is 0 Å². The van der Waals surface area contributed by atoms with Crippen molar-refractivity contribution in [1.29, 1.82) is 0 Å². The van der Waals surface area contributed by atoms with Gasteiger partial charge in [-0.25, -0.2) is 0 Å². The zero-order valence-corrected chi connectivity index (χ0v) is 10.9. The monoisotopic (exact) mass is 249 g/mol. The summed E-state index contributed by atoms with van der Waals surface area (Å²) in [6.07, 6.45) is 3.83. The molecule has 2 nitrogen and oxygen atoms in total. The zero-order chi connectivity index (χ0) is 11.5. The average Bonchev–Trinajstić information content (AvgIpc) is 2.85. The molecule has 1 atom stereocenters. The van der Waals surface area contributed by atoms with E-state index in [1.54, 1.807) is 0 Å². The lowest BCUT2D eigenvalue weighted by atomic mass is 10.1. The van der Waals surface area contributed by atoms with Crippen LogP contribution in [0.5, 0.6) is 5.75 Å². The Morgan fingerprint density at radius 3 is 3.29 bits per heavy atom. The van der Waals surface area contributed by atoms with Crippen LogP contribution in [0, 0.1) is 5.92 Å². The van der Waals surface area contributed by atoms with Gasteiger partial charge in [0.1, 0.15) is 5.75 Å². The maximum Gasteiger partial charge on any atom is 0.121 e. The number of hydrogen-bond donors (Lipinski definition) is 1. The van der Waals surface area contributed by atoms with Crippen LogP contribution in [0.25, 0.3) is 0 Å². The number of ether oxygens (including phenoxy) is 1. The van der Waals surface area contributed by atoms with Gasteiger partial charge in [-0.1, -0.05) is 6.07 Å². The van der Waals surface area contributed by atoms with Crippen LogP contribution in [0.2, 0.25) is 0 Å². The van der Waals surface area contributed by atoms with Crippen molar-refractivity contribution < 1.29 is 4.74 Å². The number of nitrogens with one attached hydrogen (secondary N) is 1. The Labute approximate surface area is 107 Å². The molecular formula is C14H19NOS. The van der Waals surface area contributed by atoms with Crippen molar-refractivity contribution in [2.24, 2.45) is 5.92 Å². The van der Waals surface area contributed by atoms with Gasteiger partial charge in [0.05, 0.1) is 6.61 Å². The Bertz CT molecular complexity index is 388. The molecule has 2 aliphatic rings. The van der Waals surface area contributed by atoms with Gasteiger partial charge in [-0.05, 0) is 42.4 Å². The number of hydrogen-bond acceptors (Lipinski definition) is 3. The summed E-state index contributed by atoms with van der Waals surface area (Å²) in [5.74, 6) is 4.37. The van der Waals surface area contributed by atoms with Crippen molar-refractivity contribution in [1.82, 2.24) is 0 Å². The first-order valence-electron chi connectivity index (χ1n) is 6.49. The van der Waals surface area contributed by atoms with Crippen molar-refractivity contribution in [3.8, 4) is 5.75 Å². The van der Waals surface area contributed by atoms with Crippen molar-refractivity contribution in [3.63, 3.8) is 0 Å². The largest absolute Gasteiger partial charge is 0.493 e. The second-order valence-electron chi connectivity index (χ2n) is 4.89. The Hall–Kier alpha value is -0.830. The Kier molecular flexibility index (Phi) is 3.46. The Morgan fingerprint density at radius 2 is 2.41 bits per heavy atom. The van der Waals surface area contributed by atoms with E-state index in [9.17, 15) is 0 Å². The Balaban J connectivity index is 1.57. The molecule has 1 unspecified atom stereocenters. The van der Waals surface area contributed by atoms with Crippen LogP contribution in [0.1, 0.15) is 18.4 Å². The van der Waals surface area contributed by atoms with Crippen molar-refractivity contribution in [2.45, 2.75) is 19.3 Å². The summed E-state index contributed by atoms with van der Waals surface area (Å²) in [5.41, 5.74) is 2.69. The van der Waals surface area contributed by atoms with Gasteiger partial charge in [0, 0.05) is 24.2 Å². The van der Waals surface area contributed by atoms with Crippen molar-refractivity contribution in [3.05, 3.63) is 23.8 Å². The number of rotatable bonds is 3. The van der Waals surface area contributed by atoms with Gasteiger partial charge in [0.25, 0.3) is 0 Å². The molecule has 3 rings (SSSR count). The zero-order valence-electron chi connectivity index (χ0n) is 10.1. The quantitative estimate of drug-likeness (QED) is 0.889. The van der Waals surface area contributed by atoms with E-state index in [0.717, 1.165) is 31.2 Å². The van der Waals surface area contributed by atoms with E-state index in [-0.39, 0.29) is 0 Å². The second kappa shape index (κ2) is 5.21. The maximum atomic E-state index is 5.92. The van der Waals surface area contributed by atoms with Crippen LogP contribution < -0.4 is 10.1 Å². The molecule has 1 aromatic carbocycles. The highest BCUT2D eigenvalue weighted by molar-refractivity contribution is 7.99. The highest BCUT2D eigenvalue weighted by Gasteiger charge is 2.15. The first-order valence-corrected chi connectivity index (χ1v) is 7.64. The number of benzene rings is 1. The third-order valence-electron chi connectivity index (χ3n) is 3.53. The lowest BCUT2D eigenvalue weighted by molar-refractivity contribution is 0.252. The highest BCUT2D eigenvalue weighted by atomic mass is 32.2. The number of anilines is 1. The Morgan fingerprint density at radius 1 is 1.41 bits per heavy atom. The molecule has 0 aromatic heterocycles. The van der Waals surface area contributed by atoms with Gasteiger partial charge in [-0.2, -0.15) is 11.8 Å². The summed E-state index contributed by atoms with van der Waals surface area (Å²) in [7, 11) is 0. The average molecular weight is 249 g/mol. The molecule has 0 radical (unpaired) electrons. The number of fused-ring (bicyclic) bond motifs is 1. The molecule has 3 heteroatoms. The fourth-order valence-corrected chi connectivity index (χ4v) is 3.65. The first kappa shape index (κ1) is 11.3. The molecule has 2 aliphatic heterocycles. The van der Waals surface area contributed by atoms with Crippen LogP contribution in [0.3, 0.4) is 0 Å². The van der Waals surface area contributed by atoms with Crippen LogP contribution in [-0.2, 0) is 6.42 Å². The highest BCUT2D eigenvalue weighted by Crippen LogP contribution is 2.28. The van der Waals surface area contributed by atoms with E-state index in [1.807, 2.05) is 0 Å². The molecular weight excluding hydrogens is 230 g/mol. The predicted molar refractivity (Wildman–Crippen MR) is 74.2 cm³/mol. The molecule has 0 bridgehead atoms. The fraction of sp³-hybridized carbons (Fsp3) is 0.571. The smallest absolute Gasteiger partial charge is 0.121 e. The molecule has 1 fully saturated rings. The molecule has 92 valence electrons. The summed E-state index contributed by atoms with van der Waals surface area (Å²) in [5, 5.41) is 3.39. The fourth-order valence-electron chi connectivity index (χ4n) is 2.51. The maximum absolute atomic E-state index is 5.92. The molecule has 0 aliphatic carbocycles. The third kappa shape index (κ3) is 2.71. The van der Waals surface area contributed by atoms with Crippen LogP contribution in [0.15, 0.2) is 18.2 Å². The summed E-state index contributed by atoms with van der Waals surface area (Å²) in [4.78, 5) is 0. The van der Waals surface area contributed by atoms with E-state index in [2.05, 4.69) is 35.3 Å². The molecule has 1 aromatic rings. The van der Waals surface area contributed by atoms with E-state index in [4.69, 9.17) is 4.74 Å². The predicted octanol–water partition coefficient (Wildman–Crippen LogP) is 3.18. The SMILES string of the molecule is c1cc2c(cc1OCC1CCCSC1)NCC2. The van der Waals surface area contributed by atoms with E-state index < -0.39 is 0 Å². The minimum absolute atomic E-state index is 0.745. The van der Waals surface area contributed by atoms with Gasteiger partial charge < -0.3 is 10.1 Å². The number of thioether (sulfide) groups is 1. The molecule has 0 amide bonds. The molecule has 0 saturated carbocycles. The second-order valence-corrected chi connectivity index (χ2v) is 6.04. The van der Waals surface area contributed by atoms with Crippen molar-refractivity contribution >= 4 is 17.4 Å². The third-order valence-corrected chi connectivity index (χ3v) is 4.82. The molecule has 1 N–H and O–H groups in total. The van der Waals surface area contributed by atoms with E-state index >= 15 is 0 Å². The van der Waals surface area contributed by atoms with Crippen LogP contribution in [0.4, 0.5) is 5.69 Å². The lowest BCUT2D eigenvalue weighted by Crippen LogP contribution is -2.18.